The molecule has 23 heavy (non-hydrogen) atoms. The number of nitro groups is 1. The molecule has 0 N–H and O–H groups in total. The van der Waals surface area contributed by atoms with E-state index in [0.717, 1.165) is 0 Å². The second-order valence-corrected chi connectivity index (χ2v) is 4.96. The van der Waals surface area contributed by atoms with Crippen molar-refractivity contribution in [3.8, 4) is 11.4 Å². The summed E-state index contributed by atoms with van der Waals surface area (Å²) in [6.07, 6.45) is 1.62. The lowest BCUT2D eigenvalue weighted by Gasteiger charge is -2.12. The highest BCUT2D eigenvalue weighted by molar-refractivity contribution is 5.79. The van der Waals surface area contributed by atoms with E-state index in [1.807, 2.05) is 6.07 Å². The topological polar surface area (TPSA) is 78.0 Å². The van der Waals surface area contributed by atoms with E-state index in [0.29, 0.717) is 28.8 Å². The predicted octanol–water partition coefficient (Wildman–Crippen LogP) is 3.16. The molecule has 0 saturated heterocycles. The fourth-order valence-corrected chi connectivity index (χ4v) is 2.42. The Hall–Kier alpha value is -3.28. The highest BCUT2D eigenvalue weighted by Crippen LogP contribution is 2.22. The second kappa shape index (κ2) is 5.84. The number of para-hydroxylation sites is 1. The Morgan fingerprint density at radius 2 is 1.87 bits per heavy atom. The van der Waals surface area contributed by atoms with Crippen LogP contribution in [0.4, 0.5) is 5.69 Å². The van der Waals surface area contributed by atoms with E-state index in [4.69, 9.17) is 0 Å². The quantitative estimate of drug-likeness (QED) is 0.421. The summed E-state index contributed by atoms with van der Waals surface area (Å²) in [5.74, 6) is 0.462. The van der Waals surface area contributed by atoms with E-state index >= 15 is 0 Å². The van der Waals surface area contributed by atoms with Gasteiger partial charge in [0.2, 0.25) is 0 Å². The first-order chi connectivity index (χ1) is 11.1. The number of benzene rings is 2. The third kappa shape index (κ3) is 2.62. The first-order valence-electron chi connectivity index (χ1n) is 6.97. The minimum Gasteiger partial charge on any atom is -0.288 e. The van der Waals surface area contributed by atoms with Gasteiger partial charge in [-0.3, -0.25) is 19.5 Å². The van der Waals surface area contributed by atoms with E-state index in [1.165, 1.54) is 16.7 Å². The van der Waals surface area contributed by atoms with Gasteiger partial charge < -0.3 is 0 Å². The zero-order valence-electron chi connectivity index (χ0n) is 12.2. The fraction of sp³-hybridized carbons (Fsp3) is 0.0588. The smallest absolute Gasteiger partial charge is 0.269 e. The van der Waals surface area contributed by atoms with Crippen LogP contribution in [0.3, 0.4) is 0 Å². The first-order valence-corrected chi connectivity index (χ1v) is 6.97. The molecule has 0 aliphatic carbocycles. The molecule has 1 aromatic heterocycles. The summed E-state index contributed by atoms with van der Waals surface area (Å²) >= 11 is 0. The number of hydrogen-bond donors (Lipinski definition) is 0. The molecule has 3 rings (SSSR count). The number of nitrogens with zero attached hydrogens (tertiary/aromatic N) is 3. The van der Waals surface area contributed by atoms with Crippen molar-refractivity contribution < 1.29 is 4.92 Å². The number of nitro benzene ring substituents is 1. The zero-order chi connectivity index (χ0) is 16.4. The lowest BCUT2D eigenvalue weighted by molar-refractivity contribution is -0.384. The normalized spacial score (nSPS) is 10.6. The van der Waals surface area contributed by atoms with E-state index in [2.05, 4.69) is 11.6 Å². The number of rotatable bonds is 4. The summed E-state index contributed by atoms with van der Waals surface area (Å²) in [6.45, 7) is 3.98. The average Bonchev–Trinajstić information content (AvgIpc) is 2.57. The first kappa shape index (κ1) is 14.6. The van der Waals surface area contributed by atoms with Crippen molar-refractivity contribution in [3.63, 3.8) is 0 Å². The van der Waals surface area contributed by atoms with Crippen molar-refractivity contribution in [3.05, 3.63) is 81.7 Å². The van der Waals surface area contributed by atoms with Gasteiger partial charge in [-0.15, -0.1) is 6.58 Å². The van der Waals surface area contributed by atoms with Crippen LogP contribution >= 0.6 is 0 Å². The van der Waals surface area contributed by atoms with Crippen molar-refractivity contribution in [1.29, 1.82) is 0 Å². The number of aromatic nitrogens is 2. The Balaban J connectivity index is 2.26. The van der Waals surface area contributed by atoms with Crippen molar-refractivity contribution in [2.75, 3.05) is 0 Å². The van der Waals surface area contributed by atoms with Gasteiger partial charge >= 0.3 is 0 Å². The van der Waals surface area contributed by atoms with Crippen LogP contribution < -0.4 is 5.56 Å². The van der Waals surface area contributed by atoms with Gasteiger partial charge in [-0.2, -0.15) is 0 Å². The molecule has 3 aromatic rings. The zero-order valence-corrected chi connectivity index (χ0v) is 12.2. The molecule has 2 aromatic carbocycles. The Kier molecular flexibility index (Phi) is 3.72. The van der Waals surface area contributed by atoms with Crippen LogP contribution in [0.1, 0.15) is 0 Å². The van der Waals surface area contributed by atoms with Crippen LogP contribution in [0, 0.1) is 10.1 Å². The van der Waals surface area contributed by atoms with E-state index in [9.17, 15) is 14.9 Å². The van der Waals surface area contributed by atoms with Gasteiger partial charge in [-0.25, -0.2) is 4.98 Å². The minimum atomic E-state index is -0.464. The predicted molar refractivity (Wildman–Crippen MR) is 88.3 cm³/mol. The summed E-state index contributed by atoms with van der Waals surface area (Å²) in [4.78, 5) is 27.5. The second-order valence-electron chi connectivity index (χ2n) is 4.96. The Morgan fingerprint density at radius 3 is 2.52 bits per heavy atom. The summed E-state index contributed by atoms with van der Waals surface area (Å²) in [5, 5.41) is 11.3. The molecular formula is C17H13N3O3. The van der Waals surface area contributed by atoms with Gasteiger partial charge in [0.15, 0.2) is 0 Å². The van der Waals surface area contributed by atoms with Crippen LogP contribution in [-0.2, 0) is 6.54 Å². The highest BCUT2D eigenvalue weighted by Gasteiger charge is 2.13. The van der Waals surface area contributed by atoms with Crippen LogP contribution in [0.15, 0.2) is 66.0 Å². The van der Waals surface area contributed by atoms with Crippen molar-refractivity contribution in [2.24, 2.45) is 0 Å². The Morgan fingerprint density at radius 1 is 1.17 bits per heavy atom. The lowest BCUT2D eigenvalue weighted by atomic mass is 10.1. The third-order valence-corrected chi connectivity index (χ3v) is 3.51. The molecule has 0 aliphatic heterocycles. The van der Waals surface area contributed by atoms with Crippen molar-refractivity contribution in [1.82, 2.24) is 9.55 Å². The molecule has 0 spiro atoms. The van der Waals surface area contributed by atoms with Gasteiger partial charge in [0.25, 0.3) is 11.2 Å². The standard InChI is InChI=1S/C17H13N3O3/c1-2-11-19-16(12-7-9-13(10-8-12)20(22)23)18-15-6-4-3-5-14(15)17(19)21/h2-10H,1,11H2. The summed E-state index contributed by atoms with van der Waals surface area (Å²) in [6, 6.07) is 13.1. The maximum Gasteiger partial charge on any atom is 0.269 e. The monoisotopic (exact) mass is 307 g/mol. The maximum atomic E-state index is 12.7. The molecule has 0 amide bonds. The summed E-state index contributed by atoms with van der Waals surface area (Å²) in [7, 11) is 0. The summed E-state index contributed by atoms with van der Waals surface area (Å²) in [5.41, 5.74) is 1.06. The van der Waals surface area contributed by atoms with E-state index in [-0.39, 0.29) is 11.2 Å². The largest absolute Gasteiger partial charge is 0.288 e. The molecule has 0 radical (unpaired) electrons. The number of allylic oxidation sites excluding steroid dienone is 1. The molecular weight excluding hydrogens is 294 g/mol. The molecule has 0 fully saturated rings. The Labute approximate surface area is 131 Å². The van der Waals surface area contributed by atoms with Gasteiger partial charge in [0.1, 0.15) is 5.82 Å². The molecule has 6 nitrogen and oxygen atoms in total. The van der Waals surface area contributed by atoms with Gasteiger partial charge in [0, 0.05) is 24.2 Å². The van der Waals surface area contributed by atoms with Crippen LogP contribution in [-0.4, -0.2) is 14.5 Å². The average molecular weight is 307 g/mol. The molecule has 1 heterocycles. The number of non-ortho nitro benzene ring substituents is 1. The molecule has 114 valence electrons. The SMILES string of the molecule is C=CCn1c(-c2ccc([N+](=O)[O-])cc2)nc2ccccc2c1=O. The van der Waals surface area contributed by atoms with Gasteiger partial charge in [0.05, 0.1) is 15.8 Å². The molecule has 0 unspecified atom stereocenters. The van der Waals surface area contributed by atoms with Crippen LogP contribution in [0.2, 0.25) is 0 Å². The maximum absolute atomic E-state index is 12.7. The number of fused-ring (bicyclic) bond motifs is 1. The van der Waals surface area contributed by atoms with Gasteiger partial charge in [-0.05, 0) is 24.3 Å². The highest BCUT2D eigenvalue weighted by atomic mass is 16.6. The lowest BCUT2D eigenvalue weighted by Crippen LogP contribution is -2.22. The minimum absolute atomic E-state index is 0.00726. The van der Waals surface area contributed by atoms with Crippen molar-refractivity contribution >= 4 is 16.6 Å². The van der Waals surface area contributed by atoms with Crippen molar-refractivity contribution in [2.45, 2.75) is 6.54 Å². The third-order valence-electron chi connectivity index (χ3n) is 3.51. The number of hydrogen-bond acceptors (Lipinski definition) is 4. The molecule has 0 saturated carbocycles. The van der Waals surface area contributed by atoms with E-state index in [1.54, 1.807) is 36.4 Å². The fourth-order valence-electron chi connectivity index (χ4n) is 2.42. The molecule has 0 bridgehead atoms. The summed E-state index contributed by atoms with van der Waals surface area (Å²) < 4.78 is 1.51. The molecule has 6 heteroatoms. The molecule has 0 aliphatic rings. The molecule has 0 atom stereocenters. The van der Waals surface area contributed by atoms with E-state index < -0.39 is 4.92 Å². The Bertz CT molecular complexity index is 959. The van der Waals surface area contributed by atoms with Crippen LogP contribution in [0.5, 0.6) is 0 Å². The van der Waals surface area contributed by atoms with Gasteiger partial charge in [-0.1, -0.05) is 18.2 Å². The van der Waals surface area contributed by atoms with Crippen LogP contribution in [0.25, 0.3) is 22.3 Å².